The second-order valence-corrected chi connectivity index (χ2v) is 6.73. The van der Waals surface area contributed by atoms with Gasteiger partial charge in [0.05, 0.1) is 5.56 Å². The molecule has 138 valence electrons. The van der Waals surface area contributed by atoms with Crippen LogP contribution in [-0.2, 0) is 9.59 Å². The van der Waals surface area contributed by atoms with Gasteiger partial charge in [0.25, 0.3) is 0 Å². The lowest BCUT2D eigenvalue weighted by molar-refractivity contribution is -0.117. The molecule has 0 aromatic heterocycles. The smallest absolute Gasteiger partial charge is 0.343 e. The third-order valence-corrected chi connectivity index (χ3v) is 4.92. The number of esters is 1. The third kappa shape index (κ3) is 3.56. The number of hydrogen-bond acceptors (Lipinski definition) is 4. The first-order chi connectivity index (χ1) is 13.1. The molecule has 6 heteroatoms. The Morgan fingerprint density at radius 1 is 0.741 bits per heavy atom. The lowest BCUT2D eigenvalue weighted by Gasteiger charge is -2.16. The second kappa shape index (κ2) is 7.23. The molecule has 2 aromatic rings. The molecule has 0 unspecified atom stereocenters. The topological polar surface area (TPSA) is 66.9 Å². The van der Waals surface area contributed by atoms with Crippen LogP contribution in [0.5, 0.6) is 5.75 Å². The first-order valence-electron chi connectivity index (χ1n) is 9.15. The fraction of sp³-hybridized carbons (Fsp3) is 0.286. The van der Waals surface area contributed by atoms with E-state index in [1.165, 1.54) is 0 Å². The predicted molar refractivity (Wildman–Crippen MR) is 101 cm³/mol. The predicted octanol–water partition coefficient (Wildman–Crippen LogP) is 3.16. The Morgan fingerprint density at radius 3 is 1.67 bits per heavy atom. The van der Waals surface area contributed by atoms with Gasteiger partial charge in [-0.05, 0) is 61.4 Å². The molecule has 0 N–H and O–H groups in total. The van der Waals surface area contributed by atoms with Crippen molar-refractivity contribution in [2.75, 3.05) is 22.9 Å². The van der Waals surface area contributed by atoms with E-state index in [4.69, 9.17) is 4.74 Å². The van der Waals surface area contributed by atoms with Crippen LogP contribution in [0.1, 0.15) is 36.0 Å². The molecule has 0 saturated carbocycles. The van der Waals surface area contributed by atoms with Gasteiger partial charge in [-0.1, -0.05) is 0 Å². The zero-order valence-corrected chi connectivity index (χ0v) is 14.9. The third-order valence-electron chi connectivity index (χ3n) is 4.92. The fourth-order valence-electron chi connectivity index (χ4n) is 3.48. The quantitative estimate of drug-likeness (QED) is 0.617. The highest BCUT2D eigenvalue weighted by molar-refractivity contribution is 5.97. The molecule has 6 nitrogen and oxygen atoms in total. The maximum atomic E-state index is 12.3. The molecule has 2 aliphatic heterocycles. The minimum absolute atomic E-state index is 0.113. The maximum Gasteiger partial charge on any atom is 0.343 e. The molecule has 0 aliphatic carbocycles. The van der Waals surface area contributed by atoms with Crippen LogP contribution in [0, 0.1) is 0 Å². The van der Waals surface area contributed by atoms with Crippen LogP contribution in [0.15, 0.2) is 48.5 Å². The number of benzene rings is 2. The van der Waals surface area contributed by atoms with E-state index in [1.54, 1.807) is 58.3 Å². The van der Waals surface area contributed by atoms with E-state index in [0.29, 0.717) is 30.7 Å². The summed E-state index contributed by atoms with van der Waals surface area (Å²) in [6, 6.07) is 13.8. The number of carbonyl (C=O) groups excluding carboxylic acids is 3. The molecule has 2 fully saturated rings. The zero-order valence-electron chi connectivity index (χ0n) is 14.9. The first kappa shape index (κ1) is 17.3. The van der Waals surface area contributed by atoms with Gasteiger partial charge in [-0.15, -0.1) is 0 Å². The minimum Gasteiger partial charge on any atom is -0.423 e. The van der Waals surface area contributed by atoms with Gasteiger partial charge < -0.3 is 14.5 Å². The summed E-state index contributed by atoms with van der Waals surface area (Å²) >= 11 is 0. The molecule has 0 bridgehead atoms. The number of hydrogen-bond donors (Lipinski definition) is 0. The van der Waals surface area contributed by atoms with Crippen molar-refractivity contribution in [3.63, 3.8) is 0 Å². The highest BCUT2D eigenvalue weighted by Crippen LogP contribution is 2.25. The zero-order chi connectivity index (χ0) is 18.8. The van der Waals surface area contributed by atoms with Crippen molar-refractivity contribution in [3.05, 3.63) is 54.1 Å². The number of anilines is 2. The lowest BCUT2D eigenvalue weighted by atomic mass is 10.2. The number of nitrogens with zero attached hydrogens (tertiary/aromatic N) is 2. The summed E-state index contributed by atoms with van der Waals surface area (Å²) in [4.78, 5) is 39.4. The Kier molecular flexibility index (Phi) is 4.62. The number of rotatable bonds is 4. The van der Waals surface area contributed by atoms with Crippen LogP contribution in [0.2, 0.25) is 0 Å². The average molecular weight is 364 g/mol. The highest BCUT2D eigenvalue weighted by atomic mass is 16.5. The first-order valence-corrected chi connectivity index (χ1v) is 9.15. The summed E-state index contributed by atoms with van der Waals surface area (Å²) in [5.41, 5.74) is 2.04. The van der Waals surface area contributed by atoms with Gasteiger partial charge in [-0.2, -0.15) is 0 Å². The van der Waals surface area contributed by atoms with Gasteiger partial charge in [0.2, 0.25) is 11.8 Å². The molecule has 2 amide bonds. The molecule has 27 heavy (non-hydrogen) atoms. The van der Waals surface area contributed by atoms with Gasteiger partial charge in [0, 0.05) is 37.3 Å². The van der Waals surface area contributed by atoms with E-state index in [0.717, 1.165) is 30.8 Å². The SMILES string of the molecule is O=C(Oc1ccc(N2CCCC2=O)cc1)c1ccc(N2CCCC2=O)cc1. The van der Waals surface area contributed by atoms with Crippen molar-refractivity contribution in [2.24, 2.45) is 0 Å². The lowest BCUT2D eigenvalue weighted by Crippen LogP contribution is -2.23. The minimum atomic E-state index is -0.459. The van der Waals surface area contributed by atoms with Gasteiger partial charge in [0.1, 0.15) is 5.75 Å². The van der Waals surface area contributed by atoms with Crippen LogP contribution in [0.25, 0.3) is 0 Å². The van der Waals surface area contributed by atoms with Gasteiger partial charge >= 0.3 is 5.97 Å². The molecule has 0 spiro atoms. The Bertz CT molecular complexity index is 874. The highest BCUT2D eigenvalue weighted by Gasteiger charge is 2.23. The van der Waals surface area contributed by atoms with Crippen LogP contribution in [-0.4, -0.2) is 30.9 Å². The monoisotopic (exact) mass is 364 g/mol. The molecule has 2 aliphatic rings. The van der Waals surface area contributed by atoms with E-state index < -0.39 is 5.97 Å². The summed E-state index contributed by atoms with van der Waals surface area (Å²) < 4.78 is 5.41. The van der Waals surface area contributed by atoms with Crippen molar-refractivity contribution >= 4 is 29.2 Å². The Labute approximate surface area is 157 Å². The van der Waals surface area contributed by atoms with E-state index in [-0.39, 0.29) is 11.8 Å². The molecular weight excluding hydrogens is 344 g/mol. The van der Waals surface area contributed by atoms with Crippen LogP contribution >= 0.6 is 0 Å². The standard InChI is InChI=1S/C21H20N2O4/c24-19-3-1-13-22(19)16-7-5-15(6-8-16)21(26)27-18-11-9-17(10-12-18)23-14-2-4-20(23)25/h5-12H,1-4,13-14H2. The second-order valence-electron chi connectivity index (χ2n) is 6.73. The van der Waals surface area contributed by atoms with Crippen molar-refractivity contribution in [1.82, 2.24) is 0 Å². The normalized spacial score (nSPS) is 16.9. The van der Waals surface area contributed by atoms with E-state index in [1.807, 2.05) is 0 Å². The molecular formula is C21H20N2O4. The van der Waals surface area contributed by atoms with Gasteiger partial charge in [-0.25, -0.2) is 4.79 Å². The van der Waals surface area contributed by atoms with Crippen molar-refractivity contribution in [3.8, 4) is 5.75 Å². The Morgan fingerprint density at radius 2 is 1.22 bits per heavy atom. The molecule has 2 aromatic carbocycles. The van der Waals surface area contributed by atoms with E-state index >= 15 is 0 Å². The van der Waals surface area contributed by atoms with Crippen molar-refractivity contribution < 1.29 is 19.1 Å². The molecule has 2 heterocycles. The van der Waals surface area contributed by atoms with Crippen LogP contribution in [0.3, 0.4) is 0 Å². The van der Waals surface area contributed by atoms with Gasteiger partial charge in [-0.3, -0.25) is 9.59 Å². The van der Waals surface area contributed by atoms with Crippen LogP contribution < -0.4 is 14.5 Å². The summed E-state index contributed by atoms with van der Waals surface area (Å²) in [6.07, 6.45) is 2.88. The number of ether oxygens (including phenoxy) is 1. The Balaban J connectivity index is 1.41. The van der Waals surface area contributed by atoms with Crippen molar-refractivity contribution in [1.29, 1.82) is 0 Å². The summed E-state index contributed by atoms with van der Waals surface area (Å²) in [6.45, 7) is 1.44. The van der Waals surface area contributed by atoms with E-state index in [9.17, 15) is 14.4 Å². The molecule has 4 rings (SSSR count). The number of carbonyl (C=O) groups is 3. The number of amides is 2. The Hall–Kier alpha value is -3.15. The average Bonchev–Trinajstić information content (AvgIpc) is 3.31. The van der Waals surface area contributed by atoms with Crippen LogP contribution in [0.4, 0.5) is 11.4 Å². The summed E-state index contributed by atoms with van der Waals surface area (Å²) in [7, 11) is 0. The van der Waals surface area contributed by atoms with Crippen molar-refractivity contribution in [2.45, 2.75) is 25.7 Å². The molecule has 0 radical (unpaired) electrons. The van der Waals surface area contributed by atoms with Gasteiger partial charge in [0.15, 0.2) is 0 Å². The van der Waals surface area contributed by atoms with E-state index in [2.05, 4.69) is 0 Å². The molecule has 2 saturated heterocycles. The summed E-state index contributed by atoms with van der Waals surface area (Å²) in [5, 5.41) is 0. The fourth-order valence-corrected chi connectivity index (χ4v) is 3.48. The maximum absolute atomic E-state index is 12.3. The molecule has 0 atom stereocenters. The summed E-state index contributed by atoms with van der Waals surface area (Å²) in [5.74, 6) is 0.201. The largest absolute Gasteiger partial charge is 0.423 e.